The molecule has 0 N–H and O–H groups in total. The van der Waals surface area contributed by atoms with E-state index in [0.29, 0.717) is 0 Å². The Bertz CT molecular complexity index is 1650. The molecule has 0 saturated heterocycles. The third-order valence-electron chi connectivity index (χ3n) is 14.0. The van der Waals surface area contributed by atoms with E-state index in [9.17, 15) is 5.53 Å². The van der Waals surface area contributed by atoms with E-state index in [1.807, 2.05) is 13.8 Å². The van der Waals surface area contributed by atoms with Crippen LogP contribution in [-0.2, 0) is 29.3 Å². The van der Waals surface area contributed by atoms with Crippen LogP contribution in [0.4, 0.5) is 0 Å². The maximum absolute atomic E-state index is 12.1. The van der Waals surface area contributed by atoms with Crippen LogP contribution in [0.25, 0.3) is 16.9 Å². The number of aryl methyl sites for hydroxylation is 2. The van der Waals surface area contributed by atoms with Crippen molar-refractivity contribution in [2.75, 3.05) is 0 Å². The zero-order valence-electron chi connectivity index (χ0n) is 47.9. The van der Waals surface area contributed by atoms with Crippen molar-refractivity contribution < 1.29 is 21.2 Å². The van der Waals surface area contributed by atoms with E-state index in [2.05, 4.69) is 102 Å². The molecule has 406 valence electrons. The van der Waals surface area contributed by atoms with Gasteiger partial charge in [0.25, 0.3) is 0 Å². The van der Waals surface area contributed by atoms with Gasteiger partial charge in [-0.1, -0.05) is 290 Å². The minimum Gasteiger partial charge on any atom is -0.493 e. The van der Waals surface area contributed by atoms with Gasteiger partial charge in [0, 0.05) is 23.1 Å². The summed E-state index contributed by atoms with van der Waals surface area (Å²) in [6.45, 7) is 20.1. The third kappa shape index (κ3) is 34.6. The Morgan fingerprint density at radius 1 is 0.408 bits per heavy atom. The van der Waals surface area contributed by atoms with Gasteiger partial charge in [0.05, 0.1) is 0 Å². The maximum atomic E-state index is 12.1. The number of allylic oxidation sites excluding steroid dienone is 2. The zero-order chi connectivity index (χ0) is 51.0. The van der Waals surface area contributed by atoms with Crippen molar-refractivity contribution in [2.24, 2.45) is 0 Å². The summed E-state index contributed by atoms with van der Waals surface area (Å²) in [6.07, 6.45) is 55.6. The van der Waals surface area contributed by atoms with Gasteiger partial charge in [0.2, 0.25) is 11.4 Å². The Kier molecular flexibility index (Phi) is 49.3. The van der Waals surface area contributed by atoms with Gasteiger partial charge in [0.15, 0.2) is 0 Å². The van der Waals surface area contributed by atoms with Gasteiger partial charge in [-0.25, -0.2) is 4.70 Å². The van der Waals surface area contributed by atoms with Crippen molar-refractivity contribution in [3.63, 3.8) is 0 Å². The molecule has 0 spiro atoms. The Hall–Kier alpha value is -2.43. The summed E-state index contributed by atoms with van der Waals surface area (Å²) in [6, 6.07) is 17.9. The van der Waals surface area contributed by atoms with Gasteiger partial charge >= 0.3 is 16.5 Å². The number of benzene rings is 2. The average molecular weight is 1020 g/mol. The molecular weight excluding hydrogens is 903 g/mol. The molecule has 0 bridgehead atoms. The molecule has 0 fully saturated rings. The van der Waals surface area contributed by atoms with E-state index in [-0.39, 0.29) is 16.5 Å². The van der Waals surface area contributed by atoms with Crippen molar-refractivity contribution in [1.29, 1.82) is 0 Å². The van der Waals surface area contributed by atoms with E-state index in [4.69, 9.17) is 0 Å². The topological polar surface area (TPSA) is 25.3 Å². The van der Waals surface area contributed by atoms with Crippen molar-refractivity contribution in [1.82, 2.24) is 0 Å². The van der Waals surface area contributed by atoms with Crippen LogP contribution < -0.4 is 0 Å². The summed E-state index contributed by atoms with van der Waals surface area (Å²) < 4.78 is 1.50. The Morgan fingerprint density at radius 2 is 0.704 bits per heavy atom. The predicted octanol–water partition coefficient (Wildman–Crippen LogP) is 23.3. The molecule has 0 aromatic heterocycles. The molecule has 1 aliphatic rings. The summed E-state index contributed by atoms with van der Waals surface area (Å²) in [4.78, 5) is 0. The first kappa shape index (κ1) is 68.6. The van der Waals surface area contributed by atoms with Gasteiger partial charge in [-0.3, -0.25) is 0 Å². The fourth-order valence-corrected chi connectivity index (χ4v) is 9.94. The molecule has 0 atom stereocenters. The number of unbranched alkanes of at least 4 members (excludes halogenated alkanes) is 34. The van der Waals surface area contributed by atoms with Crippen LogP contribution in [0.1, 0.15) is 321 Å². The molecule has 71 heavy (non-hydrogen) atoms. The van der Waals surface area contributed by atoms with Gasteiger partial charge in [0.1, 0.15) is 5.57 Å². The third-order valence-corrected chi connectivity index (χ3v) is 14.0. The molecule has 1 aliphatic heterocycles. The summed E-state index contributed by atoms with van der Waals surface area (Å²) in [5, 5.41) is 0. The maximum Gasteiger partial charge on any atom is 2.00 e. The van der Waals surface area contributed by atoms with Crippen LogP contribution in [-0.4, -0.2) is 4.70 Å². The second-order valence-corrected chi connectivity index (χ2v) is 20.8. The molecule has 2 aromatic rings. The van der Waals surface area contributed by atoms with Crippen molar-refractivity contribution in [3.05, 3.63) is 101 Å². The molecule has 0 aliphatic carbocycles. The van der Waals surface area contributed by atoms with Gasteiger partial charge in [-0.15, -0.1) is 0 Å². The smallest absolute Gasteiger partial charge is 0.493 e. The van der Waals surface area contributed by atoms with E-state index >= 15 is 0 Å². The van der Waals surface area contributed by atoms with E-state index in [1.54, 1.807) is 0 Å². The standard InChI is InChI=1S/C62H100N2.2C3H7.Ni/c1-5-9-12-15-18-19-20-21-22-23-24-25-26-27-28-29-30-31-32-33-34-35-36-37-40-43-52-60-59(8-4)61(57-50-44-48-55(53-57)46-41-38-16-13-10-6-2)64(63)62(60)58-51-45-49-56(54-58)47-42-39-17-14-11-7-3;2*1-3-2;/h44-45,48-51,53-54H,5-42,46-47H2,1-4H3;2*1,3H2,2H3;/q;2*-1;+2. The van der Waals surface area contributed by atoms with Crippen LogP contribution >= 0.6 is 0 Å². The Balaban J connectivity index is 0.00000664. The van der Waals surface area contributed by atoms with Crippen LogP contribution in [0.2, 0.25) is 0 Å². The number of rotatable bonds is 41. The fraction of sp³-hybridized carbons (Fsp3) is 0.706. The molecule has 0 radical (unpaired) electrons. The first-order valence-electron chi connectivity index (χ1n) is 30.7. The van der Waals surface area contributed by atoms with E-state index in [1.165, 1.54) is 246 Å². The van der Waals surface area contributed by atoms with Crippen LogP contribution in [0, 0.1) is 25.7 Å². The molecule has 3 heteroatoms. The quantitative estimate of drug-likeness (QED) is 0.0209. The van der Waals surface area contributed by atoms with Crippen LogP contribution in [0.15, 0.2) is 59.7 Å². The molecule has 0 saturated carbocycles. The van der Waals surface area contributed by atoms with Crippen molar-refractivity contribution >= 4 is 11.4 Å². The molecular formula is C68H114N2Ni. The van der Waals surface area contributed by atoms with Crippen molar-refractivity contribution in [3.8, 4) is 11.8 Å². The minimum absolute atomic E-state index is 0. The predicted molar refractivity (Wildman–Crippen MR) is 315 cm³/mol. The largest absolute Gasteiger partial charge is 2.00 e. The Morgan fingerprint density at radius 3 is 1.03 bits per heavy atom. The molecule has 2 nitrogen and oxygen atoms in total. The molecule has 0 amide bonds. The molecule has 0 unspecified atom stereocenters. The Labute approximate surface area is 454 Å². The monoisotopic (exact) mass is 1020 g/mol. The average Bonchev–Trinajstić information content (AvgIpc) is 3.65. The number of hydrogen-bond acceptors (Lipinski definition) is 0. The van der Waals surface area contributed by atoms with Gasteiger partial charge < -0.3 is 19.4 Å². The van der Waals surface area contributed by atoms with E-state index in [0.717, 1.165) is 73.0 Å². The fourth-order valence-electron chi connectivity index (χ4n) is 9.94. The van der Waals surface area contributed by atoms with E-state index < -0.39 is 0 Å². The number of nitrogens with zero attached hydrogens (tertiary/aromatic N) is 2. The first-order valence-corrected chi connectivity index (χ1v) is 30.7. The summed E-state index contributed by atoms with van der Waals surface area (Å²) >= 11 is 0. The summed E-state index contributed by atoms with van der Waals surface area (Å²) in [7, 11) is 0. The van der Waals surface area contributed by atoms with Gasteiger partial charge in [-0.05, 0) is 73.9 Å². The second kappa shape index (κ2) is 51.1. The molecule has 2 aromatic carbocycles. The van der Waals surface area contributed by atoms with Crippen LogP contribution in [0.3, 0.4) is 0 Å². The molecule has 1 heterocycles. The number of hydrogen-bond donors (Lipinski definition) is 0. The van der Waals surface area contributed by atoms with Gasteiger partial charge in [-0.2, -0.15) is 12.8 Å². The normalized spacial score (nSPS) is 12.0. The summed E-state index contributed by atoms with van der Waals surface area (Å²) in [5.74, 6) is 7.27. The zero-order valence-corrected chi connectivity index (χ0v) is 48.9. The first-order chi connectivity index (χ1) is 34.5. The van der Waals surface area contributed by atoms with Crippen molar-refractivity contribution in [2.45, 2.75) is 311 Å². The summed E-state index contributed by atoms with van der Waals surface area (Å²) in [5.41, 5.74) is 21.0. The minimum atomic E-state index is 0. The SMILES string of the molecule is CCCCCCCCCCCCCCCCCCCCCCCCCCC#CC1=C(c2cccc(CCCCCCCC)c2)[N+](=[N-])C(c2cccc(CCCCCCCC)c2)=C1CC.[CH2-]CC.[CH2-]CC.[Ni+2]. The molecule has 3 rings (SSSR count). The second-order valence-electron chi connectivity index (χ2n) is 20.8. The van der Waals surface area contributed by atoms with Crippen LogP contribution in [0.5, 0.6) is 0 Å².